The highest BCUT2D eigenvalue weighted by atomic mass is 35.5. The summed E-state index contributed by atoms with van der Waals surface area (Å²) < 4.78 is 13.1. The standard InChI is InChI=1S/C12H15ClFNO2/c1-12(2,11(16)17)15(3)7-8-4-9(13)6-10(14)5-8/h4-6H,7H2,1-3H3,(H,16,17). The summed E-state index contributed by atoms with van der Waals surface area (Å²) in [6.45, 7) is 3.50. The molecule has 0 saturated heterocycles. The van der Waals surface area contributed by atoms with E-state index in [1.165, 1.54) is 12.1 Å². The summed E-state index contributed by atoms with van der Waals surface area (Å²) in [6, 6.07) is 4.19. The van der Waals surface area contributed by atoms with Crippen LogP contribution in [0.3, 0.4) is 0 Å². The van der Waals surface area contributed by atoms with Gasteiger partial charge in [-0.2, -0.15) is 0 Å². The van der Waals surface area contributed by atoms with Crippen LogP contribution in [0.15, 0.2) is 18.2 Å². The lowest BCUT2D eigenvalue weighted by Crippen LogP contribution is -2.47. The van der Waals surface area contributed by atoms with E-state index >= 15 is 0 Å². The van der Waals surface area contributed by atoms with E-state index in [-0.39, 0.29) is 0 Å². The van der Waals surface area contributed by atoms with Gasteiger partial charge in [-0.15, -0.1) is 0 Å². The molecule has 1 aromatic rings. The molecule has 0 radical (unpaired) electrons. The molecule has 0 aliphatic rings. The normalized spacial score (nSPS) is 11.9. The summed E-state index contributed by atoms with van der Waals surface area (Å²) in [5.41, 5.74) is -0.370. The maximum atomic E-state index is 13.1. The average molecular weight is 260 g/mol. The largest absolute Gasteiger partial charge is 0.480 e. The molecule has 5 heteroatoms. The molecule has 0 fully saturated rings. The van der Waals surface area contributed by atoms with Gasteiger partial charge in [0.2, 0.25) is 0 Å². The topological polar surface area (TPSA) is 40.5 Å². The van der Waals surface area contributed by atoms with E-state index in [1.54, 1.807) is 31.9 Å². The molecule has 0 aromatic heterocycles. The van der Waals surface area contributed by atoms with E-state index in [4.69, 9.17) is 16.7 Å². The summed E-state index contributed by atoms with van der Waals surface area (Å²) in [6.07, 6.45) is 0. The van der Waals surface area contributed by atoms with Gasteiger partial charge in [0.1, 0.15) is 11.4 Å². The molecule has 3 nitrogen and oxygen atoms in total. The number of aliphatic carboxylic acids is 1. The van der Waals surface area contributed by atoms with Crippen LogP contribution in [0.5, 0.6) is 0 Å². The third kappa shape index (κ3) is 3.41. The van der Waals surface area contributed by atoms with Crippen molar-refractivity contribution in [1.82, 2.24) is 4.90 Å². The van der Waals surface area contributed by atoms with E-state index < -0.39 is 17.3 Å². The molecular weight excluding hydrogens is 245 g/mol. The van der Waals surface area contributed by atoms with Crippen molar-refractivity contribution < 1.29 is 14.3 Å². The minimum absolute atomic E-state index is 0.307. The van der Waals surface area contributed by atoms with E-state index in [0.29, 0.717) is 17.1 Å². The molecule has 0 bridgehead atoms. The fourth-order valence-electron chi connectivity index (χ4n) is 1.34. The minimum atomic E-state index is -1.02. The lowest BCUT2D eigenvalue weighted by molar-refractivity contribution is -0.148. The fraction of sp³-hybridized carbons (Fsp3) is 0.417. The van der Waals surface area contributed by atoms with E-state index in [9.17, 15) is 9.18 Å². The molecule has 1 rings (SSSR count). The Bertz CT molecular complexity index is 414. The summed E-state index contributed by atoms with van der Waals surface area (Å²) >= 11 is 5.74. The Morgan fingerprint density at radius 1 is 1.47 bits per heavy atom. The van der Waals surface area contributed by atoms with Crippen LogP contribution in [-0.4, -0.2) is 28.6 Å². The smallest absolute Gasteiger partial charge is 0.323 e. The first kappa shape index (κ1) is 13.9. The van der Waals surface area contributed by atoms with Gasteiger partial charge in [0, 0.05) is 11.6 Å². The van der Waals surface area contributed by atoms with Crippen molar-refractivity contribution in [2.24, 2.45) is 0 Å². The fourth-order valence-corrected chi connectivity index (χ4v) is 1.58. The first-order valence-electron chi connectivity index (χ1n) is 5.13. The zero-order chi connectivity index (χ0) is 13.2. The maximum absolute atomic E-state index is 13.1. The molecule has 0 unspecified atom stereocenters. The van der Waals surface area contributed by atoms with Gasteiger partial charge in [-0.3, -0.25) is 9.69 Å². The van der Waals surface area contributed by atoms with Crippen LogP contribution >= 0.6 is 11.6 Å². The number of hydrogen-bond acceptors (Lipinski definition) is 2. The van der Waals surface area contributed by atoms with Crippen LogP contribution in [0.2, 0.25) is 5.02 Å². The monoisotopic (exact) mass is 259 g/mol. The number of nitrogens with zero attached hydrogens (tertiary/aromatic N) is 1. The van der Waals surface area contributed by atoms with Crippen LogP contribution in [0.4, 0.5) is 4.39 Å². The van der Waals surface area contributed by atoms with Crippen molar-refractivity contribution in [3.63, 3.8) is 0 Å². The molecule has 0 atom stereocenters. The van der Waals surface area contributed by atoms with Crippen molar-refractivity contribution in [2.75, 3.05) is 7.05 Å². The summed E-state index contributed by atoms with van der Waals surface area (Å²) in [4.78, 5) is 12.7. The van der Waals surface area contributed by atoms with Gasteiger partial charge in [0.25, 0.3) is 0 Å². The van der Waals surface area contributed by atoms with Crippen LogP contribution in [-0.2, 0) is 11.3 Å². The van der Waals surface area contributed by atoms with Crippen molar-refractivity contribution in [3.05, 3.63) is 34.6 Å². The number of likely N-dealkylation sites (N-methyl/N-ethyl adjacent to an activating group) is 1. The van der Waals surface area contributed by atoms with Crippen molar-refractivity contribution in [2.45, 2.75) is 25.9 Å². The second kappa shape index (κ2) is 5.02. The first-order valence-corrected chi connectivity index (χ1v) is 5.51. The number of carboxylic acid groups (broad SMARTS) is 1. The highest BCUT2D eigenvalue weighted by molar-refractivity contribution is 6.30. The van der Waals surface area contributed by atoms with Crippen LogP contribution in [0, 0.1) is 5.82 Å². The lowest BCUT2D eigenvalue weighted by atomic mass is 10.0. The first-order chi connectivity index (χ1) is 7.73. The molecule has 94 valence electrons. The Hall–Kier alpha value is -1.13. The third-order valence-electron chi connectivity index (χ3n) is 2.82. The number of rotatable bonds is 4. The number of benzene rings is 1. The highest BCUT2D eigenvalue weighted by Gasteiger charge is 2.31. The summed E-state index contributed by atoms with van der Waals surface area (Å²) in [7, 11) is 1.67. The van der Waals surface area contributed by atoms with Gasteiger partial charge < -0.3 is 5.11 Å². The van der Waals surface area contributed by atoms with Crippen molar-refractivity contribution in [3.8, 4) is 0 Å². The molecular formula is C12H15ClFNO2. The molecule has 0 aliphatic heterocycles. The molecule has 0 aliphatic carbocycles. The highest BCUT2D eigenvalue weighted by Crippen LogP contribution is 2.19. The number of hydrogen-bond donors (Lipinski definition) is 1. The van der Waals surface area contributed by atoms with Gasteiger partial charge in [0.05, 0.1) is 0 Å². The Morgan fingerprint density at radius 2 is 2.06 bits per heavy atom. The van der Waals surface area contributed by atoms with Gasteiger partial charge in [0.15, 0.2) is 0 Å². The van der Waals surface area contributed by atoms with Crippen LogP contribution in [0.25, 0.3) is 0 Å². The summed E-state index contributed by atoms with van der Waals surface area (Å²) in [5, 5.41) is 9.36. The van der Waals surface area contributed by atoms with Crippen LogP contribution < -0.4 is 0 Å². The molecule has 0 spiro atoms. The Morgan fingerprint density at radius 3 is 2.53 bits per heavy atom. The van der Waals surface area contributed by atoms with E-state index in [0.717, 1.165) is 0 Å². The van der Waals surface area contributed by atoms with Gasteiger partial charge >= 0.3 is 5.97 Å². The second-order valence-corrected chi connectivity index (χ2v) is 4.93. The predicted octanol–water partition coefficient (Wildman–Crippen LogP) is 2.77. The lowest BCUT2D eigenvalue weighted by Gasteiger charge is -2.31. The van der Waals surface area contributed by atoms with Gasteiger partial charge in [-0.05, 0) is 44.7 Å². The molecule has 0 amide bonds. The minimum Gasteiger partial charge on any atom is -0.480 e. The average Bonchev–Trinajstić information content (AvgIpc) is 2.15. The molecule has 1 N–H and O–H groups in total. The second-order valence-electron chi connectivity index (χ2n) is 4.50. The summed E-state index contributed by atoms with van der Waals surface area (Å²) in [5.74, 6) is -1.35. The van der Waals surface area contributed by atoms with Gasteiger partial charge in [-0.1, -0.05) is 11.6 Å². The zero-order valence-electron chi connectivity index (χ0n) is 10.00. The maximum Gasteiger partial charge on any atom is 0.323 e. The van der Waals surface area contributed by atoms with E-state index in [1.807, 2.05) is 0 Å². The molecule has 0 heterocycles. The zero-order valence-corrected chi connectivity index (χ0v) is 10.8. The van der Waals surface area contributed by atoms with E-state index in [2.05, 4.69) is 0 Å². The van der Waals surface area contributed by atoms with Crippen LogP contribution in [0.1, 0.15) is 19.4 Å². The third-order valence-corrected chi connectivity index (χ3v) is 3.04. The Balaban J connectivity index is 2.88. The number of carbonyl (C=O) groups is 1. The predicted molar refractivity (Wildman–Crippen MR) is 64.6 cm³/mol. The SMILES string of the molecule is CN(Cc1cc(F)cc(Cl)c1)C(C)(C)C(=O)O. The van der Waals surface area contributed by atoms with Gasteiger partial charge in [-0.25, -0.2) is 4.39 Å². The Labute approximate surface area is 105 Å². The quantitative estimate of drug-likeness (QED) is 0.904. The van der Waals surface area contributed by atoms with Crippen molar-refractivity contribution in [1.29, 1.82) is 0 Å². The Kier molecular flexibility index (Phi) is 4.11. The number of carboxylic acids is 1. The number of halogens is 2. The molecule has 0 saturated carbocycles. The molecule has 17 heavy (non-hydrogen) atoms. The van der Waals surface area contributed by atoms with Crippen molar-refractivity contribution >= 4 is 17.6 Å². The molecule has 1 aromatic carbocycles.